The summed E-state index contributed by atoms with van der Waals surface area (Å²) in [5, 5.41) is 5.84. The Morgan fingerprint density at radius 1 is 1.08 bits per heavy atom. The lowest BCUT2D eigenvalue weighted by Gasteiger charge is -2.12. The Morgan fingerprint density at radius 3 is 2.38 bits per heavy atom. The summed E-state index contributed by atoms with van der Waals surface area (Å²) in [6.07, 6.45) is 0. The topological polar surface area (TPSA) is 59.6 Å². The van der Waals surface area contributed by atoms with Gasteiger partial charge in [0.15, 0.2) is 11.7 Å². The molecule has 0 unspecified atom stereocenters. The Balaban J connectivity index is 1.81. The van der Waals surface area contributed by atoms with Crippen LogP contribution in [0.3, 0.4) is 0 Å². The molecule has 24 heavy (non-hydrogen) atoms. The number of hydrogen-bond donors (Lipinski definition) is 2. The van der Waals surface area contributed by atoms with Crippen LogP contribution in [0.2, 0.25) is 0 Å². The van der Waals surface area contributed by atoms with Crippen molar-refractivity contribution >= 4 is 28.9 Å². The normalized spacial score (nSPS) is 9.96. The molecule has 0 saturated heterocycles. The summed E-state index contributed by atoms with van der Waals surface area (Å²) in [6.45, 7) is 3.88. The Morgan fingerprint density at radius 2 is 1.75 bits per heavy atom. The quantitative estimate of drug-likeness (QED) is 0.816. The zero-order valence-electron chi connectivity index (χ0n) is 13.9. The minimum atomic E-state index is -0.326. The number of methoxy groups -OCH3 is 1. The van der Waals surface area contributed by atoms with Gasteiger partial charge in [0.2, 0.25) is 0 Å². The number of ether oxygens (including phenoxy) is 2. The van der Waals surface area contributed by atoms with Crippen molar-refractivity contribution in [2.45, 2.75) is 13.8 Å². The van der Waals surface area contributed by atoms with Crippen molar-refractivity contribution in [3.05, 3.63) is 53.6 Å². The van der Waals surface area contributed by atoms with Gasteiger partial charge in [-0.15, -0.1) is 0 Å². The van der Waals surface area contributed by atoms with Crippen LogP contribution in [0.5, 0.6) is 11.5 Å². The maximum Gasteiger partial charge on any atom is 0.264 e. The van der Waals surface area contributed by atoms with E-state index in [1.807, 2.05) is 32.0 Å². The molecule has 0 heterocycles. The standard InChI is InChI=1S/C18H20N2O3S/c1-12-4-9-16(13(2)10-12)19-18(24)20-17(21)11-23-15-7-5-14(22-3)6-8-15/h4-10H,11H2,1-3H3,(H2,19,20,21,24). The Labute approximate surface area is 147 Å². The maximum absolute atomic E-state index is 11.9. The summed E-state index contributed by atoms with van der Waals surface area (Å²) >= 11 is 5.15. The van der Waals surface area contributed by atoms with Gasteiger partial charge in [-0.1, -0.05) is 17.7 Å². The molecule has 126 valence electrons. The average molecular weight is 344 g/mol. The SMILES string of the molecule is COc1ccc(OCC(=O)NC(=S)Nc2ccc(C)cc2C)cc1. The summed E-state index contributed by atoms with van der Waals surface area (Å²) in [7, 11) is 1.59. The predicted molar refractivity (Wildman–Crippen MR) is 98.8 cm³/mol. The van der Waals surface area contributed by atoms with E-state index in [4.69, 9.17) is 21.7 Å². The van der Waals surface area contributed by atoms with Crippen LogP contribution in [0.1, 0.15) is 11.1 Å². The lowest BCUT2D eigenvalue weighted by atomic mass is 10.1. The molecular formula is C18H20N2O3S. The molecule has 1 amide bonds. The second-order valence-corrected chi connectivity index (χ2v) is 5.69. The van der Waals surface area contributed by atoms with E-state index in [-0.39, 0.29) is 17.6 Å². The van der Waals surface area contributed by atoms with Gasteiger partial charge in [-0.2, -0.15) is 0 Å². The molecule has 2 aromatic carbocycles. The van der Waals surface area contributed by atoms with Gasteiger partial charge in [-0.05, 0) is 62.0 Å². The number of benzene rings is 2. The van der Waals surface area contributed by atoms with Crippen molar-refractivity contribution < 1.29 is 14.3 Å². The van der Waals surface area contributed by atoms with Crippen LogP contribution in [0.4, 0.5) is 5.69 Å². The molecular weight excluding hydrogens is 324 g/mol. The highest BCUT2D eigenvalue weighted by Gasteiger charge is 2.07. The fraction of sp³-hybridized carbons (Fsp3) is 0.222. The highest BCUT2D eigenvalue weighted by Crippen LogP contribution is 2.17. The average Bonchev–Trinajstić information content (AvgIpc) is 2.56. The summed E-state index contributed by atoms with van der Waals surface area (Å²) in [5.41, 5.74) is 3.09. The van der Waals surface area contributed by atoms with Crippen LogP contribution in [0.15, 0.2) is 42.5 Å². The Hall–Kier alpha value is -2.60. The number of hydrogen-bond acceptors (Lipinski definition) is 4. The van der Waals surface area contributed by atoms with Gasteiger partial charge in [0, 0.05) is 5.69 Å². The first-order valence-electron chi connectivity index (χ1n) is 7.43. The van der Waals surface area contributed by atoms with E-state index in [0.717, 1.165) is 17.0 Å². The molecule has 0 saturated carbocycles. The van der Waals surface area contributed by atoms with Crippen LogP contribution in [-0.2, 0) is 4.79 Å². The van der Waals surface area contributed by atoms with Crippen molar-refractivity contribution in [3.8, 4) is 11.5 Å². The van der Waals surface area contributed by atoms with Gasteiger partial charge in [0.25, 0.3) is 5.91 Å². The molecule has 0 aliphatic rings. The third-order valence-corrected chi connectivity index (χ3v) is 3.52. The number of nitrogens with one attached hydrogen (secondary N) is 2. The van der Waals surface area contributed by atoms with Crippen molar-refractivity contribution in [2.24, 2.45) is 0 Å². The summed E-state index contributed by atoms with van der Waals surface area (Å²) in [5.74, 6) is 0.984. The molecule has 6 heteroatoms. The number of amides is 1. The van der Waals surface area contributed by atoms with E-state index >= 15 is 0 Å². The molecule has 0 aromatic heterocycles. The first-order chi connectivity index (χ1) is 11.5. The molecule has 2 aromatic rings. The monoisotopic (exact) mass is 344 g/mol. The molecule has 0 fully saturated rings. The molecule has 0 radical (unpaired) electrons. The summed E-state index contributed by atoms with van der Waals surface area (Å²) < 4.78 is 10.5. The van der Waals surface area contributed by atoms with E-state index < -0.39 is 0 Å². The molecule has 5 nitrogen and oxygen atoms in total. The second kappa shape index (κ2) is 8.31. The van der Waals surface area contributed by atoms with Gasteiger partial charge in [0.1, 0.15) is 11.5 Å². The molecule has 2 rings (SSSR count). The van der Waals surface area contributed by atoms with Crippen LogP contribution in [-0.4, -0.2) is 24.7 Å². The van der Waals surface area contributed by atoms with Gasteiger partial charge in [-0.25, -0.2) is 0 Å². The van der Waals surface area contributed by atoms with Crippen LogP contribution < -0.4 is 20.1 Å². The zero-order chi connectivity index (χ0) is 17.5. The smallest absolute Gasteiger partial charge is 0.264 e. The highest BCUT2D eigenvalue weighted by atomic mass is 32.1. The molecule has 0 spiro atoms. The van der Waals surface area contributed by atoms with E-state index in [1.54, 1.807) is 31.4 Å². The minimum absolute atomic E-state index is 0.124. The lowest BCUT2D eigenvalue weighted by Crippen LogP contribution is -2.37. The molecule has 0 atom stereocenters. The van der Waals surface area contributed by atoms with Crippen LogP contribution in [0, 0.1) is 13.8 Å². The predicted octanol–water partition coefficient (Wildman–Crippen LogP) is 3.20. The van der Waals surface area contributed by atoms with Crippen molar-refractivity contribution in [2.75, 3.05) is 19.0 Å². The highest BCUT2D eigenvalue weighted by molar-refractivity contribution is 7.80. The molecule has 2 N–H and O–H groups in total. The van der Waals surface area contributed by atoms with Crippen LogP contribution >= 0.6 is 12.2 Å². The largest absolute Gasteiger partial charge is 0.497 e. The van der Waals surface area contributed by atoms with Gasteiger partial charge in [-0.3, -0.25) is 10.1 Å². The fourth-order valence-electron chi connectivity index (χ4n) is 2.09. The second-order valence-electron chi connectivity index (χ2n) is 5.28. The minimum Gasteiger partial charge on any atom is -0.497 e. The van der Waals surface area contributed by atoms with Gasteiger partial charge in [0.05, 0.1) is 7.11 Å². The number of carbonyl (C=O) groups excluding carboxylic acids is 1. The maximum atomic E-state index is 11.9. The third-order valence-electron chi connectivity index (χ3n) is 3.31. The zero-order valence-corrected chi connectivity index (χ0v) is 14.7. The van der Waals surface area contributed by atoms with Gasteiger partial charge < -0.3 is 14.8 Å². The van der Waals surface area contributed by atoms with E-state index in [0.29, 0.717) is 5.75 Å². The van der Waals surface area contributed by atoms with Crippen molar-refractivity contribution in [1.82, 2.24) is 5.32 Å². The number of aryl methyl sites for hydroxylation is 2. The number of thiocarbonyl (C=S) groups is 1. The lowest BCUT2D eigenvalue weighted by molar-refractivity contribution is -0.121. The fourth-order valence-corrected chi connectivity index (χ4v) is 2.31. The first-order valence-corrected chi connectivity index (χ1v) is 7.83. The Kier molecular flexibility index (Phi) is 6.14. The van der Waals surface area contributed by atoms with E-state index in [1.165, 1.54) is 5.56 Å². The van der Waals surface area contributed by atoms with Crippen LogP contribution in [0.25, 0.3) is 0 Å². The Bertz CT molecular complexity index is 730. The van der Waals surface area contributed by atoms with Gasteiger partial charge >= 0.3 is 0 Å². The molecule has 0 aliphatic carbocycles. The number of rotatable bonds is 5. The number of anilines is 1. The van der Waals surface area contributed by atoms with E-state index in [9.17, 15) is 4.79 Å². The first kappa shape index (κ1) is 17.7. The van der Waals surface area contributed by atoms with E-state index in [2.05, 4.69) is 10.6 Å². The summed E-state index contributed by atoms with van der Waals surface area (Å²) in [4.78, 5) is 11.9. The van der Waals surface area contributed by atoms with Crippen molar-refractivity contribution in [1.29, 1.82) is 0 Å². The molecule has 0 bridgehead atoms. The molecule has 0 aliphatic heterocycles. The third kappa shape index (κ3) is 5.24. The number of carbonyl (C=O) groups is 1. The van der Waals surface area contributed by atoms with Crippen molar-refractivity contribution in [3.63, 3.8) is 0 Å². The summed E-state index contributed by atoms with van der Waals surface area (Å²) in [6, 6.07) is 12.9.